The molecule has 0 aliphatic rings. The Bertz CT molecular complexity index is 1150. The van der Waals surface area contributed by atoms with E-state index in [1.54, 1.807) is 24.3 Å². The predicted octanol–water partition coefficient (Wildman–Crippen LogP) is 5.21. The Morgan fingerprint density at radius 3 is 2.46 bits per heavy atom. The van der Waals surface area contributed by atoms with Crippen molar-refractivity contribution in [1.82, 2.24) is 15.2 Å². The third-order valence-corrected chi connectivity index (χ3v) is 4.93. The van der Waals surface area contributed by atoms with Gasteiger partial charge >= 0.3 is 5.97 Å². The molecule has 0 saturated heterocycles. The molecule has 0 saturated carbocycles. The molecule has 8 heteroatoms. The van der Waals surface area contributed by atoms with E-state index in [4.69, 9.17) is 33.0 Å². The number of aromatic carboxylic acids is 1. The summed E-state index contributed by atoms with van der Waals surface area (Å²) >= 11 is 12.3. The van der Waals surface area contributed by atoms with Crippen LogP contribution in [0, 0.1) is 0 Å². The topological polar surface area (TPSA) is 88.1 Å². The number of aromatic amines is 1. The van der Waals surface area contributed by atoms with Gasteiger partial charge in [-0.25, -0.2) is 4.79 Å². The zero-order chi connectivity index (χ0) is 19.7. The number of carboxylic acids is 1. The van der Waals surface area contributed by atoms with Crippen LogP contribution < -0.4 is 4.74 Å². The van der Waals surface area contributed by atoms with Gasteiger partial charge in [0.25, 0.3) is 0 Å². The number of benzene rings is 2. The molecule has 28 heavy (non-hydrogen) atoms. The Labute approximate surface area is 169 Å². The van der Waals surface area contributed by atoms with E-state index in [2.05, 4.69) is 15.2 Å². The van der Waals surface area contributed by atoms with E-state index in [0.29, 0.717) is 27.1 Å². The van der Waals surface area contributed by atoms with Gasteiger partial charge in [-0.05, 0) is 30.3 Å². The smallest absolute Gasteiger partial charge is 0.335 e. The summed E-state index contributed by atoms with van der Waals surface area (Å²) in [7, 11) is 0. The minimum atomic E-state index is -0.970. The maximum absolute atomic E-state index is 11.0. The average Bonchev–Trinajstić information content (AvgIpc) is 3.11. The van der Waals surface area contributed by atoms with Crippen LogP contribution >= 0.6 is 23.2 Å². The van der Waals surface area contributed by atoms with Crippen molar-refractivity contribution in [1.29, 1.82) is 0 Å². The fraction of sp³-hybridized carbons (Fsp3) is 0.0500. The lowest BCUT2D eigenvalue weighted by Crippen LogP contribution is -1.98. The number of ether oxygens (including phenoxy) is 1. The number of carboxylic acid groups (broad SMARTS) is 1. The number of pyridine rings is 1. The summed E-state index contributed by atoms with van der Waals surface area (Å²) < 4.78 is 5.86. The molecule has 4 rings (SSSR count). The molecule has 0 atom stereocenters. The summed E-state index contributed by atoms with van der Waals surface area (Å²) in [6.45, 7) is 0.201. The summed E-state index contributed by atoms with van der Waals surface area (Å²) in [6, 6.07) is 12.1. The van der Waals surface area contributed by atoms with Crippen LogP contribution in [0.1, 0.15) is 15.9 Å². The fourth-order valence-corrected chi connectivity index (χ4v) is 3.28. The SMILES string of the molecule is O=C(O)c1ccc(-c2n[nH]c3ccc(OCc4c(Cl)cncc4Cl)cc23)cc1. The molecule has 2 N–H and O–H groups in total. The van der Waals surface area contributed by atoms with Crippen molar-refractivity contribution in [3.8, 4) is 17.0 Å². The second-order valence-corrected chi connectivity index (χ2v) is 6.85. The van der Waals surface area contributed by atoms with Gasteiger partial charge in [-0.1, -0.05) is 35.3 Å². The van der Waals surface area contributed by atoms with Crippen molar-refractivity contribution in [2.45, 2.75) is 6.61 Å². The van der Waals surface area contributed by atoms with Gasteiger partial charge in [0.15, 0.2) is 0 Å². The second kappa shape index (κ2) is 7.50. The first kappa shape index (κ1) is 18.3. The lowest BCUT2D eigenvalue weighted by molar-refractivity contribution is 0.0697. The lowest BCUT2D eigenvalue weighted by Gasteiger charge is -2.09. The highest BCUT2D eigenvalue weighted by Gasteiger charge is 2.12. The Balaban J connectivity index is 1.63. The minimum absolute atomic E-state index is 0.201. The van der Waals surface area contributed by atoms with Crippen LogP contribution in [0.15, 0.2) is 54.9 Å². The van der Waals surface area contributed by atoms with Gasteiger partial charge < -0.3 is 9.84 Å². The maximum atomic E-state index is 11.0. The highest BCUT2D eigenvalue weighted by Crippen LogP contribution is 2.31. The Hall–Kier alpha value is -3.09. The molecule has 0 fully saturated rings. The van der Waals surface area contributed by atoms with Gasteiger partial charge in [0.05, 0.1) is 21.1 Å². The van der Waals surface area contributed by atoms with Gasteiger partial charge in [-0.3, -0.25) is 10.1 Å². The molecule has 140 valence electrons. The van der Waals surface area contributed by atoms with Crippen molar-refractivity contribution < 1.29 is 14.6 Å². The van der Waals surface area contributed by atoms with Crippen LogP contribution in [-0.2, 0) is 6.61 Å². The third-order valence-electron chi connectivity index (χ3n) is 4.28. The minimum Gasteiger partial charge on any atom is -0.489 e. The van der Waals surface area contributed by atoms with E-state index in [0.717, 1.165) is 16.5 Å². The van der Waals surface area contributed by atoms with E-state index < -0.39 is 5.97 Å². The number of aromatic nitrogens is 3. The van der Waals surface area contributed by atoms with Crippen LogP contribution in [0.3, 0.4) is 0 Å². The summed E-state index contributed by atoms with van der Waals surface area (Å²) in [5.41, 5.74) is 3.23. The molecule has 0 unspecified atom stereocenters. The fourth-order valence-electron chi connectivity index (χ4n) is 2.81. The predicted molar refractivity (Wildman–Crippen MR) is 107 cm³/mol. The second-order valence-electron chi connectivity index (χ2n) is 6.03. The number of hydrogen-bond donors (Lipinski definition) is 2. The molecular weight excluding hydrogens is 401 g/mol. The number of nitrogens with one attached hydrogen (secondary N) is 1. The molecule has 0 aliphatic heterocycles. The van der Waals surface area contributed by atoms with Gasteiger partial charge in [0, 0.05) is 28.9 Å². The number of rotatable bonds is 5. The zero-order valence-corrected chi connectivity index (χ0v) is 15.8. The normalized spacial score (nSPS) is 10.9. The summed E-state index contributed by atoms with van der Waals surface area (Å²) in [4.78, 5) is 15.0. The summed E-state index contributed by atoms with van der Waals surface area (Å²) in [5, 5.41) is 18.1. The van der Waals surface area contributed by atoms with Crippen LogP contribution in [-0.4, -0.2) is 26.3 Å². The zero-order valence-electron chi connectivity index (χ0n) is 14.3. The van der Waals surface area contributed by atoms with E-state index in [1.807, 2.05) is 18.2 Å². The first-order chi connectivity index (χ1) is 13.5. The monoisotopic (exact) mass is 413 g/mol. The average molecular weight is 414 g/mol. The van der Waals surface area contributed by atoms with Crippen molar-refractivity contribution in [3.63, 3.8) is 0 Å². The molecule has 4 aromatic rings. The summed E-state index contributed by atoms with van der Waals surface area (Å²) in [5.74, 6) is -0.344. The van der Waals surface area contributed by atoms with E-state index in [1.165, 1.54) is 12.4 Å². The molecular formula is C20H13Cl2N3O3. The van der Waals surface area contributed by atoms with E-state index >= 15 is 0 Å². The highest BCUT2D eigenvalue weighted by atomic mass is 35.5. The Morgan fingerprint density at radius 1 is 1.07 bits per heavy atom. The molecule has 2 heterocycles. The Morgan fingerprint density at radius 2 is 1.79 bits per heavy atom. The highest BCUT2D eigenvalue weighted by molar-refractivity contribution is 6.35. The largest absolute Gasteiger partial charge is 0.489 e. The number of hydrogen-bond acceptors (Lipinski definition) is 4. The van der Waals surface area contributed by atoms with Gasteiger partial charge in [0.2, 0.25) is 0 Å². The first-order valence-electron chi connectivity index (χ1n) is 8.25. The van der Waals surface area contributed by atoms with Crippen molar-refractivity contribution >= 4 is 40.1 Å². The lowest BCUT2D eigenvalue weighted by atomic mass is 10.1. The Kier molecular flexibility index (Phi) is 4.90. The molecule has 0 radical (unpaired) electrons. The molecule has 0 spiro atoms. The number of nitrogens with zero attached hydrogens (tertiary/aromatic N) is 2. The molecule has 0 amide bonds. The maximum Gasteiger partial charge on any atom is 0.335 e. The molecule has 2 aromatic carbocycles. The molecule has 6 nitrogen and oxygen atoms in total. The molecule has 2 aromatic heterocycles. The molecule has 0 aliphatic carbocycles. The number of H-pyrrole nitrogens is 1. The van der Waals surface area contributed by atoms with Gasteiger partial charge in [-0.15, -0.1) is 0 Å². The van der Waals surface area contributed by atoms with E-state index in [-0.39, 0.29) is 12.2 Å². The van der Waals surface area contributed by atoms with Crippen LogP contribution in [0.5, 0.6) is 5.75 Å². The van der Waals surface area contributed by atoms with Gasteiger partial charge in [-0.2, -0.15) is 5.10 Å². The molecule has 0 bridgehead atoms. The summed E-state index contributed by atoms with van der Waals surface area (Å²) in [6.07, 6.45) is 3.04. The third kappa shape index (κ3) is 3.52. The van der Waals surface area contributed by atoms with Crippen LogP contribution in [0.2, 0.25) is 10.0 Å². The standard InChI is InChI=1S/C20H13Cl2N3O3/c21-16-8-23-9-17(22)15(16)10-28-13-5-6-18-14(7-13)19(25-24-18)11-1-3-12(4-2-11)20(26)27/h1-9H,10H2,(H,24,25)(H,26,27). The van der Waals surface area contributed by atoms with Crippen molar-refractivity contribution in [2.75, 3.05) is 0 Å². The number of carbonyl (C=O) groups is 1. The first-order valence-corrected chi connectivity index (χ1v) is 9.01. The quantitative estimate of drug-likeness (QED) is 0.468. The van der Waals surface area contributed by atoms with Gasteiger partial charge in [0.1, 0.15) is 18.1 Å². The van der Waals surface area contributed by atoms with Crippen LogP contribution in [0.25, 0.3) is 22.2 Å². The van der Waals surface area contributed by atoms with Crippen LogP contribution in [0.4, 0.5) is 0 Å². The van der Waals surface area contributed by atoms with Crippen molar-refractivity contribution in [2.24, 2.45) is 0 Å². The van der Waals surface area contributed by atoms with E-state index in [9.17, 15) is 4.79 Å². The number of halogens is 2. The van der Waals surface area contributed by atoms with Crippen molar-refractivity contribution in [3.05, 3.63) is 76.0 Å². The number of fused-ring (bicyclic) bond motifs is 1.